The van der Waals surface area contributed by atoms with Crippen molar-refractivity contribution in [3.63, 3.8) is 0 Å². The van der Waals surface area contributed by atoms with Gasteiger partial charge in [-0.3, -0.25) is 9.79 Å². The highest BCUT2D eigenvalue weighted by Gasteiger charge is 2.35. The van der Waals surface area contributed by atoms with Crippen molar-refractivity contribution in [2.75, 3.05) is 13.1 Å². The van der Waals surface area contributed by atoms with Crippen molar-refractivity contribution in [1.29, 1.82) is 0 Å². The molecular weight excluding hydrogens is 204 g/mol. The average Bonchev–Trinajstić information content (AvgIpc) is 2.79. The maximum Gasteiger partial charge on any atom is 0.252 e. The Kier molecular flexibility index (Phi) is 2.31. The molecule has 0 bridgehead atoms. The summed E-state index contributed by atoms with van der Waals surface area (Å²) >= 11 is 0. The van der Waals surface area contributed by atoms with Crippen LogP contribution < -0.4 is 10.6 Å². The van der Waals surface area contributed by atoms with Crippen molar-refractivity contribution in [3.05, 3.63) is 11.9 Å². The van der Waals surface area contributed by atoms with Gasteiger partial charge in [0.2, 0.25) is 0 Å². The van der Waals surface area contributed by atoms with Crippen LogP contribution in [0.1, 0.15) is 19.3 Å². The van der Waals surface area contributed by atoms with Crippen LogP contribution in [0.5, 0.6) is 0 Å². The summed E-state index contributed by atoms with van der Waals surface area (Å²) < 4.78 is 0. The smallest absolute Gasteiger partial charge is 0.252 e. The van der Waals surface area contributed by atoms with E-state index in [-0.39, 0.29) is 18.0 Å². The second kappa shape index (κ2) is 3.81. The maximum absolute atomic E-state index is 11.8. The molecule has 0 aromatic rings. The minimum absolute atomic E-state index is 0.00863. The topological polar surface area (TPSA) is 56.7 Å². The summed E-state index contributed by atoms with van der Waals surface area (Å²) in [6.07, 6.45) is 7.44. The van der Waals surface area contributed by atoms with Crippen LogP contribution in [-0.2, 0) is 4.79 Å². The summed E-state index contributed by atoms with van der Waals surface area (Å²) in [5.74, 6) is 0.971. The Bertz CT molecular complexity index is 357. The zero-order valence-electron chi connectivity index (χ0n) is 9.15. The predicted molar refractivity (Wildman–Crippen MR) is 60.9 cm³/mol. The number of fused-ring (bicyclic) bond motifs is 1. The fraction of sp³-hybridized carbons (Fsp3) is 0.636. The molecule has 5 heteroatoms. The van der Waals surface area contributed by atoms with Gasteiger partial charge in [0.05, 0.1) is 12.4 Å². The van der Waals surface area contributed by atoms with Gasteiger partial charge in [-0.05, 0) is 25.3 Å². The number of piperidine rings is 1. The van der Waals surface area contributed by atoms with Crippen LogP contribution in [0.3, 0.4) is 0 Å². The molecule has 0 saturated carbocycles. The molecule has 0 aromatic heterocycles. The van der Waals surface area contributed by atoms with Gasteiger partial charge in [-0.2, -0.15) is 0 Å². The van der Waals surface area contributed by atoms with E-state index in [0.29, 0.717) is 0 Å². The molecule has 0 radical (unpaired) electrons. The summed E-state index contributed by atoms with van der Waals surface area (Å²) in [7, 11) is 0. The van der Waals surface area contributed by atoms with Crippen LogP contribution in [0.25, 0.3) is 0 Å². The van der Waals surface area contributed by atoms with Crippen molar-refractivity contribution in [2.45, 2.75) is 31.3 Å². The third-order valence-corrected chi connectivity index (χ3v) is 3.40. The van der Waals surface area contributed by atoms with E-state index in [0.717, 1.165) is 18.9 Å². The Morgan fingerprint density at radius 3 is 2.94 bits per heavy atom. The lowest BCUT2D eigenvalue weighted by Crippen LogP contribution is -2.50. The van der Waals surface area contributed by atoms with Crippen LogP contribution in [0, 0.1) is 0 Å². The number of aliphatic imine (C=N–C) groups is 1. The number of amides is 1. The molecule has 2 atom stereocenters. The molecule has 5 nitrogen and oxygen atoms in total. The summed E-state index contributed by atoms with van der Waals surface area (Å²) in [4.78, 5) is 18.2. The first kappa shape index (κ1) is 9.69. The Balaban J connectivity index is 1.78. The number of likely N-dealkylation sites (tertiary alicyclic amines) is 1. The standard InChI is InChI=1S/C11H16N4O/c16-11-10-8(12-7-13-10)6-9(14-11)15-4-2-1-3-5-15/h6-8,10H,1-5H2,(H,12,13)(H,14,16). The summed E-state index contributed by atoms with van der Waals surface area (Å²) in [5, 5.41) is 6.05. The van der Waals surface area contributed by atoms with E-state index < -0.39 is 0 Å². The number of nitrogens with zero attached hydrogens (tertiary/aromatic N) is 2. The van der Waals surface area contributed by atoms with E-state index in [1.54, 1.807) is 6.34 Å². The summed E-state index contributed by atoms with van der Waals surface area (Å²) in [5.41, 5.74) is 0. The fourth-order valence-corrected chi connectivity index (χ4v) is 2.49. The molecule has 3 aliphatic heterocycles. The van der Waals surface area contributed by atoms with Crippen molar-refractivity contribution < 1.29 is 4.79 Å². The van der Waals surface area contributed by atoms with Crippen molar-refractivity contribution in [1.82, 2.24) is 15.5 Å². The van der Waals surface area contributed by atoms with Crippen LogP contribution in [-0.4, -0.2) is 42.3 Å². The van der Waals surface area contributed by atoms with E-state index in [4.69, 9.17) is 0 Å². The second-order valence-electron chi connectivity index (χ2n) is 4.50. The lowest BCUT2D eigenvalue weighted by atomic mass is 10.0. The molecule has 1 fully saturated rings. The molecule has 2 N–H and O–H groups in total. The third kappa shape index (κ3) is 1.56. The van der Waals surface area contributed by atoms with Gasteiger partial charge < -0.3 is 15.5 Å². The minimum atomic E-state index is -0.270. The summed E-state index contributed by atoms with van der Waals surface area (Å²) in [6, 6.07) is -0.223. The molecular formula is C11H16N4O. The highest BCUT2D eigenvalue weighted by molar-refractivity contribution is 5.89. The van der Waals surface area contributed by atoms with Crippen molar-refractivity contribution in [2.24, 2.45) is 4.99 Å². The Morgan fingerprint density at radius 1 is 1.31 bits per heavy atom. The normalized spacial score (nSPS) is 32.9. The number of carbonyl (C=O) groups excluding carboxylic acids is 1. The lowest BCUT2D eigenvalue weighted by molar-refractivity contribution is -0.122. The number of carbonyl (C=O) groups is 1. The Labute approximate surface area is 94.6 Å². The van der Waals surface area contributed by atoms with Gasteiger partial charge in [0, 0.05) is 13.1 Å². The molecule has 2 unspecified atom stereocenters. The monoisotopic (exact) mass is 220 g/mol. The highest BCUT2D eigenvalue weighted by atomic mass is 16.2. The molecule has 3 heterocycles. The van der Waals surface area contributed by atoms with Crippen LogP contribution in [0.4, 0.5) is 0 Å². The molecule has 1 saturated heterocycles. The second-order valence-corrected chi connectivity index (χ2v) is 4.50. The molecule has 86 valence electrons. The van der Waals surface area contributed by atoms with E-state index in [1.165, 1.54) is 19.3 Å². The first-order valence-corrected chi connectivity index (χ1v) is 5.90. The minimum Gasteiger partial charge on any atom is -0.367 e. The predicted octanol–water partition coefficient (Wildman–Crippen LogP) is -0.188. The molecule has 3 rings (SSSR count). The quantitative estimate of drug-likeness (QED) is 0.644. The average molecular weight is 220 g/mol. The molecule has 3 aliphatic rings. The number of hydrogen-bond donors (Lipinski definition) is 2. The van der Waals surface area contributed by atoms with Crippen molar-refractivity contribution >= 4 is 12.2 Å². The number of nitrogens with one attached hydrogen (secondary N) is 2. The maximum atomic E-state index is 11.8. The highest BCUT2D eigenvalue weighted by Crippen LogP contribution is 2.19. The Morgan fingerprint density at radius 2 is 2.12 bits per heavy atom. The third-order valence-electron chi connectivity index (χ3n) is 3.40. The van der Waals surface area contributed by atoms with Crippen LogP contribution >= 0.6 is 0 Å². The SMILES string of the molecule is O=C1NC(N2CCCCC2)=CC2NC=NC12. The molecule has 1 amide bonds. The van der Waals surface area contributed by atoms with Gasteiger partial charge in [0.15, 0.2) is 6.04 Å². The number of hydrogen-bond acceptors (Lipinski definition) is 4. The first-order valence-electron chi connectivity index (χ1n) is 5.90. The van der Waals surface area contributed by atoms with Gasteiger partial charge in [0.1, 0.15) is 5.82 Å². The number of rotatable bonds is 1. The summed E-state index contributed by atoms with van der Waals surface area (Å²) in [6.45, 7) is 2.09. The molecule has 0 aliphatic carbocycles. The van der Waals surface area contributed by atoms with E-state index in [1.807, 2.05) is 0 Å². The zero-order valence-corrected chi connectivity index (χ0v) is 9.15. The molecule has 16 heavy (non-hydrogen) atoms. The van der Waals surface area contributed by atoms with E-state index in [9.17, 15) is 4.79 Å². The van der Waals surface area contributed by atoms with Gasteiger partial charge in [-0.15, -0.1) is 0 Å². The fourth-order valence-electron chi connectivity index (χ4n) is 2.49. The van der Waals surface area contributed by atoms with Crippen molar-refractivity contribution in [3.8, 4) is 0 Å². The Hall–Kier alpha value is -1.52. The van der Waals surface area contributed by atoms with Gasteiger partial charge in [-0.1, -0.05) is 0 Å². The van der Waals surface area contributed by atoms with E-state index in [2.05, 4.69) is 26.6 Å². The first-order chi connectivity index (χ1) is 7.84. The molecule has 0 aromatic carbocycles. The van der Waals surface area contributed by atoms with Gasteiger partial charge in [0.25, 0.3) is 5.91 Å². The largest absolute Gasteiger partial charge is 0.367 e. The van der Waals surface area contributed by atoms with Gasteiger partial charge in [-0.25, -0.2) is 0 Å². The van der Waals surface area contributed by atoms with Gasteiger partial charge >= 0.3 is 0 Å². The van der Waals surface area contributed by atoms with Crippen LogP contribution in [0.2, 0.25) is 0 Å². The van der Waals surface area contributed by atoms with Crippen LogP contribution in [0.15, 0.2) is 16.9 Å². The molecule has 0 spiro atoms. The van der Waals surface area contributed by atoms with E-state index >= 15 is 0 Å². The lowest BCUT2D eigenvalue weighted by Gasteiger charge is -2.34. The zero-order chi connectivity index (χ0) is 11.0.